The molecule has 0 unspecified atom stereocenters. The number of benzene rings is 7. The number of hydrogen-bond acceptors (Lipinski definition) is 3. The minimum atomic E-state index is 0.531. The van der Waals surface area contributed by atoms with Gasteiger partial charge in [-0.1, -0.05) is 103 Å². The summed E-state index contributed by atoms with van der Waals surface area (Å²) in [6, 6.07) is 53.7. The van der Waals surface area contributed by atoms with Crippen LogP contribution in [-0.4, -0.2) is 4.57 Å². The van der Waals surface area contributed by atoms with Gasteiger partial charge in [-0.2, -0.15) is 5.26 Å². The molecule has 0 amide bonds. The smallest absolute Gasteiger partial charge is 0.159 e. The normalized spacial score (nSPS) is 11.8. The van der Waals surface area contributed by atoms with Crippen molar-refractivity contribution in [3.63, 3.8) is 0 Å². The Morgan fingerprint density at radius 3 is 2.13 bits per heavy atom. The number of rotatable bonds is 3. The first-order chi connectivity index (χ1) is 23.3. The van der Waals surface area contributed by atoms with Crippen LogP contribution in [0.4, 0.5) is 0 Å². The van der Waals surface area contributed by atoms with Crippen molar-refractivity contribution in [2.45, 2.75) is 0 Å². The van der Waals surface area contributed by atoms with E-state index in [2.05, 4.69) is 144 Å². The highest BCUT2D eigenvalue weighted by atomic mass is 32.1. The summed E-state index contributed by atoms with van der Waals surface area (Å²) < 4.78 is 11.6. The fraction of sp³-hybridized carbons (Fsp3) is 0. The number of nitrogens with zero attached hydrogens (tertiary/aromatic N) is 2. The van der Waals surface area contributed by atoms with Crippen molar-refractivity contribution in [1.29, 1.82) is 5.26 Å². The maximum absolute atomic E-state index is 10.2. The first kappa shape index (κ1) is 26.1. The Bertz CT molecular complexity index is 2920. The summed E-state index contributed by atoms with van der Waals surface area (Å²) in [4.78, 5) is 0. The lowest BCUT2D eigenvalue weighted by Gasteiger charge is -2.09. The molecule has 4 heteroatoms. The second-order valence-electron chi connectivity index (χ2n) is 12.0. The molecule has 10 aromatic rings. The molecule has 0 saturated heterocycles. The lowest BCUT2D eigenvalue weighted by molar-refractivity contribution is 0.665. The molecule has 3 heterocycles. The Balaban J connectivity index is 1.29. The first-order valence-corrected chi connectivity index (χ1v) is 16.5. The molecule has 0 aliphatic rings. The third-order valence-electron chi connectivity index (χ3n) is 9.46. The van der Waals surface area contributed by atoms with Gasteiger partial charge >= 0.3 is 0 Å². The van der Waals surface area contributed by atoms with Crippen molar-refractivity contribution in [1.82, 2.24) is 4.57 Å². The Hall–Kier alpha value is -6.15. The summed E-state index contributed by atoms with van der Waals surface area (Å²) >= 11 is 1.81. The number of thiophene rings is 1. The van der Waals surface area contributed by atoms with Gasteiger partial charge in [0, 0.05) is 41.7 Å². The molecule has 47 heavy (non-hydrogen) atoms. The fourth-order valence-electron chi connectivity index (χ4n) is 7.42. The number of nitriles is 1. The van der Waals surface area contributed by atoms with Crippen molar-refractivity contribution < 1.29 is 4.42 Å². The van der Waals surface area contributed by atoms with Crippen LogP contribution in [0.1, 0.15) is 5.56 Å². The SMILES string of the molecule is N#Cc1ccc(-c2cccc3sc4ccccc4c23)c2c1oc1c(-n3c4ccccc4c4cc(-c5ccccc5)ccc43)cccc12. The van der Waals surface area contributed by atoms with Crippen molar-refractivity contribution in [2.24, 2.45) is 0 Å². The summed E-state index contributed by atoms with van der Waals surface area (Å²) in [6.07, 6.45) is 0. The average molecular weight is 617 g/mol. The van der Waals surface area contributed by atoms with E-state index >= 15 is 0 Å². The molecule has 10 rings (SSSR count). The van der Waals surface area contributed by atoms with Gasteiger partial charge in [0.15, 0.2) is 11.2 Å². The zero-order chi connectivity index (χ0) is 31.1. The van der Waals surface area contributed by atoms with Crippen LogP contribution in [0.3, 0.4) is 0 Å². The van der Waals surface area contributed by atoms with Gasteiger partial charge in [0.25, 0.3) is 0 Å². The minimum absolute atomic E-state index is 0.531. The number of para-hydroxylation sites is 2. The fourth-order valence-corrected chi connectivity index (χ4v) is 8.55. The van der Waals surface area contributed by atoms with Crippen LogP contribution in [-0.2, 0) is 0 Å². The largest absolute Gasteiger partial charge is 0.452 e. The number of furan rings is 1. The Morgan fingerprint density at radius 1 is 0.511 bits per heavy atom. The number of hydrogen-bond donors (Lipinski definition) is 0. The lowest BCUT2D eigenvalue weighted by Crippen LogP contribution is -1.94. The minimum Gasteiger partial charge on any atom is -0.452 e. The molecular weight excluding hydrogens is 593 g/mol. The molecule has 0 bridgehead atoms. The van der Waals surface area contributed by atoms with Crippen LogP contribution in [0.5, 0.6) is 0 Å². The predicted octanol–water partition coefficient (Wildman–Crippen LogP) is 12.3. The molecular formula is C43H24N2OS. The monoisotopic (exact) mass is 616 g/mol. The molecule has 0 radical (unpaired) electrons. The van der Waals surface area contributed by atoms with E-state index in [-0.39, 0.29) is 0 Å². The molecule has 0 saturated carbocycles. The highest BCUT2D eigenvalue weighted by Crippen LogP contribution is 2.46. The molecule has 0 aliphatic carbocycles. The standard InChI is InChI=1S/C43H24N2OS/c44-25-28-20-22-31(30-14-9-19-39-40(30)32-13-5-7-18-38(32)47-39)41-33-15-8-17-37(43(33)46-42(28)41)45-35-16-6-4-12-29(35)34-24-27(21-23-36(34)45)26-10-2-1-3-11-26/h1-24H. The molecule has 0 atom stereocenters. The van der Waals surface area contributed by atoms with Crippen LogP contribution < -0.4 is 0 Å². The van der Waals surface area contributed by atoms with Gasteiger partial charge in [0.2, 0.25) is 0 Å². The van der Waals surface area contributed by atoms with Crippen molar-refractivity contribution in [2.75, 3.05) is 0 Å². The van der Waals surface area contributed by atoms with Crippen molar-refractivity contribution >= 4 is 75.3 Å². The zero-order valence-corrected chi connectivity index (χ0v) is 25.9. The van der Waals surface area contributed by atoms with Gasteiger partial charge < -0.3 is 8.98 Å². The summed E-state index contributed by atoms with van der Waals surface area (Å²) in [7, 11) is 0. The average Bonchev–Trinajstić information content (AvgIpc) is 3.81. The van der Waals surface area contributed by atoms with Gasteiger partial charge in [-0.05, 0) is 64.7 Å². The van der Waals surface area contributed by atoms with E-state index in [9.17, 15) is 5.26 Å². The van der Waals surface area contributed by atoms with Gasteiger partial charge in [-0.25, -0.2) is 0 Å². The van der Waals surface area contributed by atoms with Crippen LogP contribution >= 0.6 is 11.3 Å². The highest BCUT2D eigenvalue weighted by molar-refractivity contribution is 7.25. The Kier molecular flexibility index (Phi) is 5.51. The van der Waals surface area contributed by atoms with Crippen LogP contribution in [0.25, 0.3) is 91.9 Å². The second-order valence-corrected chi connectivity index (χ2v) is 13.0. The van der Waals surface area contributed by atoms with E-state index in [1.54, 1.807) is 0 Å². The molecule has 0 spiro atoms. The predicted molar refractivity (Wildman–Crippen MR) is 197 cm³/mol. The van der Waals surface area contributed by atoms with E-state index in [0.717, 1.165) is 44.2 Å². The third kappa shape index (κ3) is 3.72. The molecule has 218 valence electrons. The first-order valence-electron chi connectivity index (χ1n) is 15.7. The summed E-state index contributed by atoms with van der Waals surface area (Å²) in [5, 5.41) is 17.1. The number of fused-ring (bicyclic) bond motifs is 9. The number of aromatic nitrogens is 1. The molecule has 3 aromatic heterocycles. The van der Waals surface area contributed by atoms with Crippen molar-refractivity contribution in [3.8, 4) is 34.0 Å². The highest BCUT2D eigenvalue weighted by Gasteiger charge is 2.22. The third-order valence-corrected chi connectivity index (χ3v) is 10.6. The zero-order valence-electron chi connectivity index (χ0n) is 25.1. The van der Waals surface area contributed by atoms with E-state index in [1.165, 1.54) is 42.1 Å². The maximum atomic E-state index is 10.2. The van der Waals surface area contributed by atoms with E-state index in [4.69, 9.17) is 4.42 Å². The second kappa shape index (κ2) is 9.92. The van der Waals surface area contributed by atoms with E-state index < -0.39 is 0 Å². The summed E-state index contributed by atoms with van der Waals surface area (Å²) in [5.41, 5.74) is 9.67. The van der Waals surface area contributed by atoms with Gasteiger partial charge in [-0.15, -0.1) is 11.3 Å². The summed E-state index contributed by atoms with van der Waals surface area (Å²) in [6.45, 7) is 0. The molecule has 0 aliphatic heterocycles. The molecule has 3 nitrogen and oxygen atoms in total. The van der Waals surface area contributed by atoms with Gasteiger partial charge in [0.1, 0.15) is 6.07 Å². The van der Waals surface area contributed by atoms with Crippen LogP contribution in [0.15, 0.2) is 150 Å². The van der Waals surface area contributed by atoms with Crippen LogP contribution in [0, 0.1) is 11.3 Å². The molecule has 0 N–H and O–H groups in total. The van der Waals surface area contributed by atoms with E-state index in [1.807, 2.05) is 23.5 Å². The summed E-state index contributed by atoms with van der Waals surface area (Å²) in [5.74, 6) is 0. The Morgan fingerprint density at radius 2 is 1.23 bits per heavy atom. The molecule has 7 aromatic carbocycles. The lowest BCUT2D eigenvalue weighted by atomic mass is 9.94. The van der Waals surface area contributed by atoms with E-state index in [0.29, 0.717) is 11.1 Å². The van der Waals surface area contributed by atoms with Crippen molar-refractivity contribution in [3.05, 3.63) is 151 Å². The Labute approximate surface area is 273 Å². The van der Waals surface area contributed by atoms with Gasteiger partial charge in [-0.3, -0.25) is 0 Å². The molecule has 0 fully saturated rings. The quantitative estimate of drug-likeness (QED) is 0.198. The maximum Gasteiger partial charge on any atom is 0.159 e. The van der Waals surface area contributed by atoms with Crippen LogP contribution in [0.2, 0.25) is 0 Å². The van der Waals surface area contributed by atoms with Gasteiger partial charge in [0.05, 0.1) is 22.3 Å². The topological polar surface area (TPSA) is 41.9 Å².